The molecule has 4 amide bonds. The highest BCUT2D eigenvalue weighted by atomic mass is 35.5. The Morgan fingerprint density at radius 1 is 1.23 bits per heavy atom. The third kappa shape index (κ3) is 9.60. The third-order valence-corrected chi connectivity index (χ3v) is 5.38. The minimum Gasteiger partial charge on any atom is -0.465 e. The second-order valence-corrected chi connectivity index (χ2v) is 8.82. The quantitative estimate of drug-likeness (QED) is 0.298. The first-order valence-corrected chi connectivity index (χ1v) is 10.5. The number of hydrogen-bond acceptors (Lipinski definition) is 4. The molecule has 0 aromatic rings. The number of nitrogens with zero attached hydrogens (tertiary/aromatic N) is 1. The fraction of sp³-hybridized carbons (Fsp3) is 0.789. The summed E-state index contributed by atoms with van der Waals surface area (Å²) in [5, 5.41) is 12.1. The van der Waals surface area contributed by atoms with E-state index < -0.39 is 40.9 Å². The summed E-state index contributed by atoms with van der Waals surface area (Å²) in [6, 6.07) is 0. The Balaban J connectivity index is 2.96. The minimum atomic E-state index is -2.39. The van der Waals surface area contributed by atoms with Crippen molar-refractivity contribution in [2.45, 2.75) is 76.4 Å². The summed E-state index contributed by atoms with van der Waals surface area (Å²) < 4.78 is 13.3. The van der Waals surface area contributed by atoms with Crippen LogP contribution in [-0.2, 0) is 14.4 Å². The topological polar surface area (TPSA) is 142 Å². The van der Waals surface area contributed by atoms with Crippen LogP contribution in [-0.4, -0.2) is 51.6 Å². The Labute approximate surface area is 180 Å². The van der Waals surface area contributed by atoms with Crippen LogP contribution in [0, 0.1) is 11.8 Å². The van der Waals surface area contributed by atoms with Crippen molar-refractivity contribution in [3.63, 3.8) is 0 Å². The van der Waals surface area contributed by atoms with E-state index in [1.165, 1.54) is 0 Å². The first-order valence-electron chi connectivity index (χ1n) is 10.1. The third-order valence-electron chi connectivity index (χ3n) is 5.20. The van der Waals surface area contributed by atoms with Gasteiger partial charge in [-0.05, 0) is 32.6 Å². The predicted octanol–water partition coefficient (Wildman–Crippen LogP) is 2.28. The van der Waals surface area contributed by atoms with Gasteiger partial charge in [0, 0.05) is 17.9 Å². The van der Waals surface area contributed by atoms with Crippen LogP contribution in [0.3, 0.4) is 0 Å². The number of hydrogen-bond donors (Lipinski definition) is 4. The summed E-state index contributed by atoms with van der Waals surface area (Å²) in [7, 11) is 0. The molecule has 5 N–H and O–H groups in total. The summed E-state index contributed by atoms with van der Waals surface area (Å²) in [4.78, 5) is 47.1. The fourth-order valence-corrected chi connectivity index (χ4v) is 3.97. The van der Waals surface area contributed by atoms with Crippen LogP contribution < -0.4 is 16.5 Å². The van der Waals surface area contributed by atoms with Crippen molar-refractivity contribution in [1.29, 1.82) is 0 Å². The lowest BCUT2D eigenvalue weighted by molar-refractivity contribution is -0.146. The first-order chi connectivity index (χ1) is 13.9. The molecule has 9 nitrogen and oxygen atoms in total. The summed E-state index contributed by atoms with van der Waals surface area (Å²) in [6.07, 6.45) is 4.40. The molecule has 172 valence electrons. The zero-order valence-electron chi connectivity index (χ0n) is 17.5. The number of hydrazine groups is 1. The van der Waals surface area contributed by atoms with Crippen molar-refractivity contribution in [1.82, 2.24) is 15.8 Å². The predicted molar refractivity (Wildman–Crippen MR) is 109 cm³/mol. The second kappa shape index (κ2) is 11.9. The minimum absolute atomic E-state index is 0.180. The van der Waals surface area contributed by atoms with Gasteiger partial charge in [0.2, 0.25) is 11.8 Å². The molecule has 1 aliphatic carbocycles. The highest BCUT2D eigenvalue weighted by molar-refractivity contribution is 6.29. The van der Waals surface area contributed by atoms with Gasteiger partial charge in [0.15, 0.2) is 0 Å². The number of carbonyl (C=O) groups is 4. The summed E-state index contributed by atoms with van der Waals surface area (Å²) in [6.45, 7) is 3.00. The van der Waals surface area contributed by atoms with Gasteiger partial charge in [-0.15, -0.1) is 0 Å². The van der Waals surface area contributed by atoms with Crippen molar-refractivity contribution in [3.8, 4) is 0 Å². The molecular weight excluding hydrogens is 419 g/mol. The molecule has 1 fully saturated rings. The number of carboxylic acid groups (broad SMARTS) is 1. The Morgan fingerprint density at radius 2 is 1.83 bits per heavy atom. The number of nitrogens with two attached hydrogens (primary N) is 1. The lowest BCUT2D eigenvalue weighted by Gasteiger charge is -2.33. The Kier molecular flexibility index (Phi) is 10.3. The van der Waals surface area contributed by atoms with Crippen LogP contribution in [0.5, 0.6) is 0 Å². The first kappa shape index (κ1) is 25.9. The van der Waals surface area contributed by atoms with Crippen molar-refractivity contribution in [2.24, 2.45) is 17.6 Å². The molecule has 0 aromatic heterocycles. The fourth-order valence-electron chi connectivity index (χ4n) is 3.85. The van der Waals surface area contributed by atoms with E-state index in [9.17, 15) is 23.6 Å². The molecule has 1 saturated carbocycles. The van der Waals surface area contributed by atoms with E-state index >= 15 is 0 Å². The Bertz CT molecular complexity index is 626. The second-order valence-electron chi connectivity index (χ2n) is 8.44. The molecule has 1 rings (SSSR count). The lowest BCUT2D eigenvalue weighted by atomic mass is 9.78. The lowest BCUT2D eigenvalue weighted by Crippen LogP contribution is -2.53. The number of rotatable bonds is 10. The molecule has 0 bridgehead atoms. The molecule has 11 heteroatoms. The van der Waals surface area contributed by atoms with Crippen LogP contribution in [0.4, 0.5) is 9.18 Å². The smallest absolute Gasteiger partial charge is 0.405 e. The summed E-state index contributed by atoms with van der Waals surface area (Å²) >= 11 is 5.22. The van der Waals surface area contributed by atoms with Crippen LogP contribution in [0.1, 0.15) is 65.2 Å². The van der Waals surface area contributed by atoms with E-state index in [-0.39, 0.29) is 19.4 Å². The van der Waals surface area contributed by atoms with Gasteiger partial charge < -0.3 is 16.2 Å². The molecule has 30 heavy (non-hydrogen) atoms. The maximum absolute atomic E-state index is 13.3. The van der Waals surface area contributed by atoms with Gasteiger partial charge in [-0.1, -0.05) is 43.7 Å². The van der Waals surface area contributed by atoms with E-state index in [0.717, 1.165) is 32.1 Å². The molecule has 0 spiro atoms. The average Bonchev–Trinajstić information content (AvgIpc) is 2.63. The van der Waals surface area contributed by atoms with E-state index in [1.807, 2.05) is 0 Å². The number of halogens is 2. The molecule has 1 unspecified atom stereocenters. The van der Waals surface area contributed by atoms with Gasteiger partial charge in [-0.25, -0.2) is 14.2 Å². The number of nitrogens with one attached hydrogen (secondary N) is 2. The van der Waals surface area contributed by atoms with E-state index in [0.29, 0.717) is 17.3 Å². The number of primary amides is 1. The van der Waals surface area contributed by atoms with Crippen LogP contribution >= 0.6 is 11.6 Å². The number of carbonyl (C=O) groups excluding carboxylic acids is 3. The van der Waals surface area contributed by atoms with Gasteiger partial charge in [-0.3, -0.25) is 19.8 Å². The molecule has 2 atom stereocenters. The largest absolute Gasteiger partial charge is 0.465 e. The molecule has 1 aliphatic rings. The normalized spacial score (nSPS) is 16.9. The van der Waals surface area contributed by atoms with Crippen LogP contribution in [0.2, 0.25) is 0 Å². The molecular formula is C19H32ClFN4O5. The monoisotopic (exact) mass is 450 g/mol. The maximum Gasteiger partial charge on any atom is 0.405 e. The zero-order chi connectivity index (χ0) is 22.9. The van der Waals surface area contributed by atoms with E-state index in [1.54, 1.807) is 13.8 Å². The van der Waals surface area contributed by atoms with Gasteiger partial charge in [0.05, 0.1) is 6.54 Å². The Morgan fingerprint density at radius 3 is 2.33 bits per heavy atom. The number of alkyl halides is 2. The zero-order valence-corrected chi connectivity index (χ0v) is 18.2. The van der Waals surface area contributed by atoms with Gasteiger partial charge in [0.25, 0.3) is 11.5 Å². The molecule has 0 aliphatic heterocycles. The van der Waals surface area contributed by atoms with Gasteiger partial charge in [0.1, 0.15) is 0 Å². The van der Waals surface area contributed by atoms with Crippen molar-refractivity contribution < 1.29 is 28.7 Å². The van der Waals surface area contributed by atoms with E-state index in [2.05, 4.69) is 10.7 Å². The molecule has 0 radical (unpaired) electrons. The van der Waals surface area contributed by atoms with Crippen LogP contribution in [0.25, 0.3) is 0 Å². The number of amides is 4. The van der Waals surface area contributed by atoms with Crippen molar-refractivity contribution >= 4 is 35.4 Å². The molecule has 0 aromatic carbocycles. The average molecular weight is 451 g/mol. The maximum atomic E-state index is 13.3. The van der Waals surface area contributed by atoms with E-state index in [4.69, 9.17) is 22.4 Å². The Hall–Kier alpha value is -2.10. The molecule has 0 saturated heterocycles. The SMILES string of the molecule is CC(C)(C[C@H](CC1CCCCC1)C(=O)NN(CCC(N)=O)C(=O)C(F)Cl)NC(=O)O. The summed E-state index contributed by atoms with van der Waals surface area (Å²) in [5.41, 5.74) is 4.15. The van der Waals surface area contributed by atoms with Crippen molar-refractivity contribution in [2.75, 3.05) is 6.54 Å². The summed E-state index contributed by atoms with van der Waals surface area (Å²) in [5.74, 6) is -2.82. The molecule has 0 heterocycles. The standard InChI is InChI=1S/C19H32ClFN4O5/c1-19(2,23-18(29)30)11-13(10-12-6-4-3-5-7-12)16(27)24-25(9-8-14(22)26)17(28)15(20)21/h12-13,15,23H,3-11H2,1-2H3,(H2,22,26)(H,24,27)(H,29,30)/t13-,15?/m0/s1. The van der Waals surface area contributed by atoms with Crippen molar-refractivity contribution in [3.05, 3.63) is 0 Å². The van der Waals surface area contributed by atoms with Gasteiger partial charge in [-0.2, -0.15) is 0 Å². The highest BCUT2D eigenvalue weighted by Crippen LogP contribution is 2.32. The highest BCUT2D eigenvalue weighted by Gasteiger charge is 2.33. The van der Waals surface area contributed by atoms with Crippen LogP contribution in [0.15, 0.2) is 0 Å². The van der Waals surface area contributed by atoms with Gasteiger partial charge >= 0.3 is 6.09 Å².